The van der Waals surface area contributed by atoms with Gasteiger partial charge >= 0.3 is 5.97 Å². The van der Waals surface area contributed by atoms with Crippen LogP contribution in [-0.2, 0) is 14.3 Å². The summed E-state index contributed by atoms with van der Waals surface area (Å²) in [5.74, 6) is -0.747. The van der Waals surface area contributed by atoms with Crippen molar-refractivity contribution in [2.24, 2.45) is 0 Å². The van der Waals surface area contributed by atoms with E-state index < -0.39 is 24.5 Å². The summed E-state index contributed by atoms with van der Waals surface area (Å²) < 4.78 is 10.4. The molecule has 7 nitrogen and oxygen atoms in total. The second-order valence-electron chi connectivity index (χ2n) is 6.76. The summed E-state index contributed by atoms with van der Waals surface area (Å²) in [4.78, 5) is 40.7. The number of furan rings is 1. The van der Waals surface area contributed by atoms with Gasteiger partial charge in [-0.1, -0.05) is 42.5 Å². The van der Waals surface area contributed by atoms with Crippen molar-refractivity contribution in [1.82, 2.24) is 5.32 Å². The molecular weight excluding hydrogens is 416 g/mol. The summed E-state index contributed by atoms with van der Waals surface area (Å²) in [5, 5.41) is 2.62. The number of ether oxygens (including phenoxy) is 1. The van der Waals surface area contributed by atoms with Gasteiger partial charge in [-0.3, -0.25) is 9.59 Å². The smallest absolute Gasteiger partial charge is 0.333 e. The first kappa shape index (κ1) is 20.7. The van der Waals surface area contributed by atoms with E-state index >= 15 is 0 Å². The van der Waals surface area contributed by atoms with Crippen LogP contribution in [0.1, 0.15) is 22.2 Å². The zero-order chi connectivity index (χ0) is 21.6. The number of hydrogen-bond acceptors (Lipinski definition) is 6. The first-order valence-corrected chi connectivity index (χ1v) is 10.7. The van der Waals surface area contributed by atoms with Gasteiger partial charge in [-0.05, 0) is 29.8 Å². The molecule has 0 bridgehead atoms. The normalized spacial score (nSPS) is 13.7. The Morgan fingerprint density at radius 2 is 1.81 bits per heavy atom. The van der Waals surface area contributed by atoms with Crippen LogP contribution in [0.2, 0.25) is 0 Å². The Morgan fingerprint density at radius 1 is 1.03 bits per heavy atom. The second kappa shape index (κ2) is 9.53. The number of amides is 2. The fourth-order valence-corrected chi connectivity index (χ4v) is 4.25. The molecule has 158 valence electrons. The third-order valence-corrected chi connectivity index (χ3v) is 5.80. The SMILES string of the molecule is O=C(N[C@H](C(=O)OCC(=O)N1CCSc2ccccc21)c1ccccc1)c1ccco1. The molecule has 0 radical (unpaired) electrons. The third-order valence-electron chi connectivity index (χ3n) is 4.76. The molecule has 1 N–H and O–H groups in total. The first-order chi connectivity index (χ1) is 15.1. The summed E-state index contributed by atoms with van der Waals surface area (Å²) in [6, 6.07) is 18.3. The van der Waals surface area contributed by atoms with Gasteiger partial charge in [0.25, 0.3) is 11.8 Å². The minimum atomic E-state index is -1.07. The van der Waals surface area contributed by atoms with Crippen molar-refractivity contribution in [3.8, 4) is 0 Å². The van der Waals surface area contributed by atoms with Crippen molar-refractivity contribution < 1.29 is 23.5 Å². The van der Waals surface area contributed by atoms with Crippen molar-refractivity contribution in [2.45, 2.75) is 10.9 Å². The summed E-state index contributed by atoms with van der Waals surface area (Å²) >= 11 is 1.68. The third kappa shape index (κ3) is 4.80. The van der Waals surface area contributed by atoms with Crippen molar-refractivity contribution in [3.63, 3.8) is 0 Å². The van der Waals surface area contributed by atoms with Gasteiger partial charge in [0.2, 0.25) is 0 Å². The lowest BCUT2D eigenvalue weighted by molar-refractivity contribution is -0.150. The van der Waals surface area contributed by atoms with Gasteiger partial charge in [0.15, 0.2) is 18.4 Å². The fourth-order valence-electron chi connectivity index (χ4n) is 3.26. The molecule has 1 aliphatic heterocycles. The average molecular weight is 436 g/mol. The van der Waals surface area contributed by atoms with E-state index in [0.29, 0.717) is 12.1 Å². The van der Waals surface area contributed by atoms with E-state index in [2.05, 4.69) is 5.32 Å². The highest BCUT2D eigenvalue weighted by molar-refractivity contribution is 7.99. The van der Waals surface area contributed by atoms with E-state index in [0.717, 1.165) is 16.3 Å². The molecule has 0 fully saturated rings. The molecule has 3 aromatic rings. The number of hydrogen-bond donors (Lipinski definition) is 1. The zero-order valence-electron chi connectivity index (χ0n) is 16.5. The molecule has 0 aliphatic carbocycles. The van der Waals surface area contributed by atoms with Crippen LogP contribution in [-0.4, -0.2) is 36.7 Å². The lowest BCUT2D eigenvalue weighted by Crippen LogP contribution is -2.40. The van der Waals surface area contributed by atoms with Crippen LogP contribution in [0.25, 0.3) is 0 Å². The van der Waals surface area contributed by atoms with Gasteiger partial charge in [0, 0.05) is 17.2 Å². The second-order valence-corrected chi connectivity index (χ2v) is 7.90. The van der Waals surface area contributed by atoms with E-state index in [-0.39, 0.29) is 11.7 Å². The number of nitrogens with one attached hydrogen (secondary N) is 1. The number of para-hydroxylation sites is 1. The largest absolute Gasteiger partial charge is 0.459 e. The Labute approximate surface area is 183 Å². The Morgan fingerprint density at radius 3 is 2.58 bits per heavy atom. The van der Waals surface area contributed by atoms with Gasteiger partial charge < -0.3 is 19.4 Å². The predicted molar refractivity (Wildman–Crippen MR) is 116 cm³/mol. The van der Waals surface area contributed by atoms with Crippen LogP contribution in [0.15, 0.2) is 82.3 Å². The van der Waals surface area contributed by atoms with Gasteiger partial charge in [-0.15, -0.1) is 11.8 Å². The minimum Gasteiger partial charge on any atom is -0.459 e. The topological polar surface area (TPSA) is 88.8 Å². The monoisotopic (exact) mass is 436 g/mol. The highest BCUT2D eigenvalue weighted by Crippen LogP contribution is 2.34. The molecule has 4 rings (SSSR count). The van der Waals surface area contributed by atoms with Gasteiger partial charge in [0.1, 0.15) is 0 Å². The van der Waals surface area contributed by atoms with E-state index in [1.165, 1.54) is 12.3 Å². The van der Waals surface area contributed by atoms with Crippen molar-refractivity contribution in [2.75, 3.05) is 23.8 Å². The average Bonchev–Trinajstić information content (AvgIpc) is 3.36. The van der Waals surface area contributed by atoms with Gasteiger partial charge in [-0.2, -0.15) is 0 Å². The lowest BCUT2D eigenvalue weighted by atomic mass is 10.1. The van der Waals surface area contributed by atoms with Gasteiger partial charge in [0.05, 0.1) is 12.0 Å². The molecule has 0 saturated carbocycles. The Balaban J connectivity index is 1.45. The number of fused-ring (bicyclic) bond motifs is 1. The Bertz CT molecular complexity index is 1070. The van der Waals surface area contributed by atoms with Crippen LogP contribution in [0.3, 0.4) is 0 Å². The molecule has 2 amide bonds. The quantitative estimate of drug-likeness (QED) is 0.596. The van der Waals surface area contributed by atoms with Crippen LogP contribution < -0.4 is 10.2 Å². The minimum absolute atomic E-state index is 0.0761. The van der Waals surface area contributed by atoms with E-state index in [9.17, 15) is 14.4 Å². The van der Waals surface area contributed by atoms with Crippen molar-refractivity contribution in [3.05, 3.63) is 84.3 Å². The maximum Gasteiger partial charge on any atom is 0.333 e. The fraction of sp³-hybridized carbons (Fsp3) is 0.174. The highest BCUT2D eigenvalue weighted by atomic mass is 32.2. The number of rotatable bonds is 6. The summed E-state index contributed by atoms with van der Waals surface area (Å²) in [6.45, 7) is 0.118. The molecule has 0 spiro atoms. The predicted octanol–water partition coefficient (Wildman–Crippen LogP) is 3.43. The van der Waals surface area contributed by atoms with E-state index in [1.807, 2.05) is 24.3 Å². The van der Waals surface area contributed by atoms with Crippen LogP contribution in [0.5, 0.6) is 0 Å². The van der Waals surface area contributed by atoms with Gasteiger partial charge in [-0.25, -0.2) is 4.79 Å². The Kier molecular flexibility index (Phi) is 6.37. The summed E-state index contributed by atoms with van der Waals surface area (Å²) in [6.07, 6.45) is 1.37. The highest BCUT2D eigenvalue weighted by Gasteiger charge is 2.28. The van der Waals surface area contributed by atoms with E-state index in [1.54, 1.807) is 53.1 Å². The first-order valence-electron chi connectivity index (χ1n) is 9.71. The van der Waals surface area contributed by atoms with Crippen molar-refractivity contribution in [1.29, 1.82) is 0 Å². The molecule has 1 atom stereocenters. The molecule has 31 heavy (non-hydrogen) atoms. The van der Waals surface area contributed by atoms with Crippen LogP contribution in [0, 0.1) is 0 Å². The van der Waals surface area contributed by atoms with Crippen LogP contribution >= 0.6 is 11.8 Å². The standard InChI is InChI=1S/C23H20N2O5S/c26-20(25-12-14-31-19-11-5-4-9-17(19)25)15-30-23(28)21(16-7-2-1-3-8-16)24-22(27)18-10-6-13-29-18/h1-11,13,21H,12,14-15H2,(H,24,27)/t21-/m0/s1. The number of carbonyl (C=O) groups excluding carboxylic acids is 3. The molecular formula is C23H20N2O5S. The molecule has 2 heterocycles. The zero-order valence-corrected chi connectivity index (χ0v) is 17.3. The number of benzene rings is 2. The molecule has 1 aliphatic rings. The van der Waals surface area contributed by atoms with E-state index in [4.69, 9.17) is 9.15 Å². The number of nitrogens with zero attached hydrogens (tertiary/aromatic N) is 1. The lowest BCUT2D eigenvalue weighted by Gasteiger charge is -2.29. The molecule has 0 saturated heterocycles. The number of carbonyl (C=O) groups is 3. The number of esters is 1. The summed E-state index contributed by atoms with van der Waals surface area (Å²) in [5.41, 5.74) is 1.35. The maximum atomic E-state index is 12.8. The molecule has 8 heteroatoms. The number of anilines is 1. The number of thioether (sulfide) groups is 1. The molecule has 1 aromatic heterocycles. The molecule has 2 aromatic carbocycles. The Hall–Kier alpha value is -3.52. The summed E-state index contributed by atoms with van der Waals surface area (Å²) in [7, 11) is 0. The van der Waals surface area contributed by atoms with Crippen molar-refractivity contribution >= 4 is 35.2 Å². The van der Waals surface area contributed by atoms with Crippen LogP contribution in [0.4, 0.5) is 5.69 Å². The molecule has 0 unspecified atom stereocenters. The maximum absolute atomic E-state index is 12.8.